The van der Waals surface area contributed by atoms with E-state index in [4.69, 9.17) is 9.47 Å². The molecule has 1 saturated carbocycles. The van der Waals surface area contributed by atoms with Crippen molar-refractivity contribution in [3.8, 4) is 5.75 Å². The zero-order valence-electron chi connectivity index (χ0n) is 20.1. The summed E-state index contributed by atoms with van der Waals surface area (Å²) in [4.78, 5) is 29.8. The Kier molecular flexibility index (Phi) is 7.54. The van der Waals surface area contributed by atoms with Crippen molar-refractivity contribution in [2.45, 2.75) is 51.1 Å². The van der Waals surface area contributed by atoms with Crippen molar-refractivity contribution in [3.05, 3.63) is 23.8 Å². The minimum Gasteiger partial charge on any atom is -0.493 e. The molecule has 186 valence electrons. The molecule has 2 N–H and O–H groups in total. The van der Waals surface area contributed by atoms with Gasteiger partial charge in [-0.15, -0.1) is 0 Å². The van der Waals surface area contributed by atoms with E-state index in [9.17, 15) is 9.59 Å². The number of carbonyl (C=O) groups excluding carboxylic acids is 2. The van der Waals surface area contributed by atoms with E-state index in [0.717, 1.165) is 82.8 Å². The highest BCUT2D eigenvalue weighted by molar-refractivity contribution is 5.79. The Morgan fingerprint density at radius 3 is 2.71 bits per heavy atom. The summed E-state index contributed by atoms with van der Waals surface area (Å²) < 4.78 is 11.7. The average molecular weight is 471 g/mol. The molecule has 1 aliphatic carbocycles. The van der Waals surface area contributed by atoms with Crippen LogP contribution in [0.25, 0.3) is 0 Å². The second-order valence-electron chi connectivity index (χ2n) is 10.2. The number of morpholine rings is 1. The number of fused-ring (bicyclic) bond motifs is 3. The number of nitrogens with zero attached hydrogens (tertiary/aromatic N) is 2. The topological polar surface area (TPSA) is 83.1 Å². The van der Waals surface area contributed by atoms with Gasteiger partial charge in [-0.05, 0) is 62.1 Å². The third-order valence-electron chi connectivity index (χ3n) is 7.62. The van der Waals surface area contributed by atoms with Gasteiger partial charge >= 0.3 is 0 Å². The van der Waals surface area contributed by atoms with Crippen LogP contribution in [0.3, 0.4) is 0 Å². The monoisotopic (exact) mass is 470 g/mol. The lowest BCUT2D eigenvalue weighted by Crippen LogP contribution is -2.47. The van der Waals surface area contributed by atoms with E-state index in [1.165, 1.54) is 5.69 Å². The number of rotatable bonds is 4. The van der Waals surface area contributed by atoms with Gasteiger partial charge in [-0.25, -0.2) is 0 Å². The summed E-state index contributed by atoms with van der Waals surface area (Å²) in [7, 11) is 0. The highest BCUT2D eigenvalue weighted by Gasteiger charge is 2.33. The molecule has 3 heterocycles. The lowest BCUT2D eigenvalue weighted by molar-refractivity contribution is -0.133. The smallest absolute Gasteiger partial charge is 0.236 e. The van der Waals surface area contributed by atoms with Crippen molar-refractivity contribution in [1.29, 1.82) is 0 Å². The highest BCUT2D eigenvalue weighted by Crippen LogP contribution is 2.32. The predicted molar refractivity (Wildman–Crippen MR) is 130 cm³/mol. The van der Waals surface area contributed by atoms with Gasteiger partial charge in [0.25, 0.3) is 0 Å². The van der Waals surface area contributed by atoms with Crippen LogP contribution >= 0.6 is 0 Å². The van der Waals surface area contributed by atoms with E-state index in [2.05, 4.69) is 33.7 Å². The molecule has 2 bridgehead atoms. The first kappa shape index (κ1) is 23.4. The number of benzene rings is 1. The van der Waals surface area contributed by atoms with Gasteiger partial charge in [-0.1, -0.05) is 0 Å². The quantitative estimate of drug-likeness (QED) is 0.700. The third-order valence-corrected chi connectivity index (χ3v) is 7.62. The van der Waals surface area contributed by atoms with Crippen LogP contribution in [-0.2, 0) is 20.9 Å². The van der Waals surface area contributed by atoms with E-state index in [-0.39, 0.29) is 11.8 Å². The summed E-state index contributed by atoms with van der Waals surface area (Å²) in [6.07, 6.45) is 5.60. The summed E-state index contributed by atoms with van der Waals surface area (Å²) in [5, 5.41) is 6.49. The standard InChI is InChI=1S/C26H38N4O4/c31-25(28-22-3-4-22)15-19-7-8-30-18-20(19)2-1-11-34-24-6-5-23(29-9-12-33-13-10-29)14-21(24)16-27-17-26(30)32/h5-6,14,19-20,22,27H,1-4,7-13,15-18H2,(H,28,31)/t19-,20-/m0/s1. The van der Waals surface area contributed by atoms with Crippen molar-refractivity contribution < 1.29 is 19.1 Å². The first-order chi connectivity index (χ1) is 16.7. The number of carbonyl (C=O) groups is 2. The molecule has 3 fully saturated rings. The summed E-state index contributed by atoms with van der Waals surface area (Å²) in [6, 6.07) is 6.78. The molecule has 5 rings (SSSR count). The first-order valence-corrected chi connectivity index (χ1v) is 13.0. The van der Waals surface area contributed by atoms with E-state index in [1.54, 1.807) is 0 Å². The SMILES string of the molecule is O=C(C[C@@H]1CCN2C[C@@H]1CCCOc1ccc(N3CCOCC3)cc1CNCC2=O)NC1CC1. The van der Waals surface area contributed by atoms with Gasteiger partial charge < -0.3 is 29.9 Å². The van der Waals surface area contributed by atoms with Gasteiger partial charge in [0.2, 0.25) is 11.8 Å². The summed E-state index contributed by atoms with van der Waals surface area (Å²) in [5.74, 6) is 1.90. The number of piperidine rings is 1. The van der Waals surface area contributed by atoms with Gasteiger partial charge in [-0.3, -0.25) is 9.59 Å². The van der Waals surface area contributed by atoms with Crippen LogP contribution in [0.2, 0.25) is 0 Å². The normalized spacial score (nSPS) is 26.4. The fourth-order valence-corrected chi connectivity index (χ4v) is 5.46. The number of ether oxygens (including phenoxy) is 2. The molecule has 0 radical (unpaired) electrons. The molecule has 0 spiro atoms. The minimum absolute atomic E-state index is 0.150. The molecule has 8 heteroatoms. The van der Waals surface area contributed by atoms with E-state index in [0.29, 0.717) is 44.0 Å². The maximum Gasteiger partial charge on any atom is 0.236 e. The van der Waals surface area contributed by atoms with Crippen LogP contribution in [0.15, 0.2) is 18.2 Å². The molecular formula is C26H38N4O4. The summed E-state index contributed by atoms with van der Waals surface area (Å²) in [6.45, 7) is 6.34. The number of hydrogen-bond donors (Lipinski definition) is 2. The fourth-order valence-electron chi connectivity index (χ4n) is 5.46. The molecule has 2 saturated heterocycles. The Hall–Kier alpha value is -2.32. The first-order valence-electron chi connectivity index (χ1n) is 13.0. The van der Waals surface area contributed by atoms with Gasteiger partial charge in [0.1, 0.15) is 5.75 Å². The van der Waals surface area contributed by atoms with Crippen molar-refractivity contribution in [3.63, 3.8) is 0 Å². The summed E-state index contributed by atoms with van der Waals surface area (Å²) >= 11 is 0. The zero-order valence-corrected chi connectivity index (χ0v) is 20.1. The van der Waals surface area contributed by atoms with Gasteiger partial charge in [0, 0.05) is 56.4 Å². The number of anilines is 1. The average Bonchev–Trinajstić information content (AvgIpc) is 3.67. The molecule has 8 nitrogen and oxygen atoms in total. The van der Waals surface area contributed by atoms with Gasteiger partial charge in [0.05, 0.1) is 26.4 Å². The Labute approximate surface area is 202 Å². The third kappa shape index (κ3) is 6.02. The molecule has 1 aromatic rings. The van der Waals surface area contributed by atoms with Gasteiger partial charge in [0.15, 0.2) is 0 Å². The van der Waals surface area contributed by atoms with Gasteiger partial charge in [-0.2, -0.15) is 0 Å². The second kappa shape index (κ2) is 11.0. The minimum atomic E-state index is 0.150. The predicted octanol–water partition coefficient (Wildman–Crippen LogP) is 1.92. The zero-order chi connectivity index (χ0) is 23.3. The van der Waals surface area contributed by atoms with Crippen LogP contribution in [0.1, 0.15) is 44.1 Å². The number of amides is 2. The van der Waals surface area contributed by atoms with Crippen molar-refractivity contribution in [2.75, 3.05) is 57.4 Å². The lowest BCUT2D eigenvalue weighted by Gasteiger charge is -2.38. The Bertz CT molecular complexity index is 868. The number of nitrogens with one attached hydrogen (secondary N) is 2. The Morgan fingerprint density at radius 2 is 1.88 bits per heavy atom. The molecule has 0 unspecified atom stereocenters. The number of hydrogen-bond acceptors (Lipinski definition) is 6. The Morgan fingerprint density at radius 1 is 1.03 bits per heavy atom. The maximum absolute atomic E-state index is 13.0. The molecule has 2 amide bonds. The van der Waals surface area contributed by atoms with E-state index in [1.807, 2.05) is 4.90 Å². The lowest BCUT2D eigenvalue weighted by atomic mass is 9.80. The molecule has 1 aromatic carbocycles. The van der Waals surface area contributed by atoms with Crippen molar-refractivity contribution in [1.82, 2.24) is 15.5 Å². The van der Waals surface area contributed by atoms with Crippen LogP contribution in [0.5, 0.6) is 5.75 Å². The van der Waals surface area contributed by atoms with Crippen LogP contribution in [-0.4, -0.2) is 75.3 Å². The second-order valence-corrected chi connectivity index (χ2v) is 10.2. The van der Waals surface area contributed by atoms with Crippen molar-refractivity contribution in [2.24, 2.45) is 11.8 Å². The highest BCUT2D eigenvalue weighted by atomic mass is 16.5. The maximum atomic E-state index is 13.0. The van der Waals surface area contributed by atoms with Crippen LogP contribution < -0.4 is 20.3 Å². The molecule has 0 aromatic heterocycles. The van der Waals surface area contributed by atoms with Crippen molar-refractivity contribution >= 4 is 17.5 Å². The summed E-state index contributed by atoms with van der Waals surface area (Å²) in [5.41, 5.74) is 2.26. The molecule has 4 aliphatic rings. The fraction of sp³-hybridized carbons (Fsp3) is 0.692. The molecular weight excluding hydrogens is 432 g/mol. The van der Waals surface area contributed by atoms with Crippen LogP contribution in [0, 0.1) is 11.8 Å². The largest absolute Gasteiger partial charge is 0.493 e. The molecule has 3 aliphatic heterocycles. The van der Waals surface area contributed by atoms with E-state index >= 15 is 0 Å². The molecule has 34 heavy (non-hydrogen) atoms. The molecule has 2 atom stereocenters. The van der Waals surface area contributed by atoms with Crippen LogP contribution in [0.4, 0.5) is 5.69 Å². The van der Waals surface area contributed by atoms with E-state index < -0.39 is 0 Å². The Balaban J connectivity index is 1.25.